The third kappa shape index (κ3) is 3.48. The van der Waals surface area contributed by atoms with Crippen LogP contribution in [0.25, 0.3) is 12.2 Å². The van der Waals surface area contributed by atoms with E-state index in [1.165, 1.54) is 0 Å². The molecule has 0 radical (unpaired) electrons. The highest BCUT2D eigenvalue weighted by molar-refractivity contribution is 6.30. The molecule has 28 heavy (non-hydrogen) atoms. The summed E-state index contributed by atoms with van der Waals surface area (Å²) in [7, 11) is 0. The van der Waals surface area contributed by atoms with Crippen molar-refractivity contribution in [1.29, 1.82) is 0 Å². The zero-order chi connectivity index (χ0) is 19.5. The highest BCUT2D eigenvalue weighted by Crippen LogP contribution is 2.35. The number of halogens is 1. The Labute approximate surface area is 167 Å². The Kier molecular flexibility index (Phi) is 4.83. The van der Waals surface area contributed by atoms with Crippen molar-refractivity contribution in [2.75, 3.05) is 4.90 Å². The van der Waals surface area contributed by atoms with Crippen LogP contribution in [0.4, 0.5) is 16.2 Å². The Morgan fingerprint density at radius 1 is 0.714 bits per heavy atom. The summed E-state index contributed by atoms with van der Waals surface area (Å²) in [6, 6.07) is 21.1. The Hall–Kier alpha value is -3.57. The van der Waals surface area contributed by atoms with Crippen molar-refractivity contribution in [2.24, 2.45) is 0 Å². The number of hydrogen-bond donors (Lipinski definition) is 2. The van der Waals surface area contributed by atoms with Gasteiger partial charge in [-0.05, 0) is 47.5 Å². The van der Waals surface area contributed by atoms with Gasteiger partial charge < -0.3 is 0 Å². The molecule has 3 aromatic rings. The largest absolute Gasteiger partial charge is 0.345 e. The number of anilines is 2. The van der Waals surface area contributed by atoms with E-state index in [1.54, 1.807) is 29.2 Å². The molecule has 5 nitrogen and oxygen atoms in total. The van der Waals surface area contributed by atoms with Crippen LogP contribution in [-0.4, -0.2) is 11.9 Å². The summed E-state index contributed by atoms with van der Waals surface area (Å²) < 4.78 is 0. The lowest BCUT2D eigenvalue weighted by atomic mass is 10.1. The number of hydrazine groups is 1. The van der Waals surface area contributed by atoms with Gasteiger partial charge in [0.2, 0.25) is 0 Å². The molecule has 0 aliphatic carbocycles. The van der Waals surface area contributed by atoms with Crippen molar-refractivity contribution in [3.63, 3.8) is 0 Å². The number of fused-ring (bicyclic) bond motifs is 2. The highest BCUT2D eigenvalue weighted by Gasteiger charge is 2.24. The van der Waals surface area contributed by atoms with Gasteiger partial charge in [0, 0.05) is 10.6 Å². The molecule has 0 atom stereocenters. The molecule has 0 bridgehead atoms. The lowest BCUT2D eigenvalue weighted by Gasteiger charge is -2.25. The molecule has 1 heterocycles. The zero-order valence-corrected chi connectivity index (χ0v) is 15.5. The fraction of sp³-hybridized carbons (Fsp3) is 0. The van der Waals surface area contributed by atoms with Crippen LogP contribution in [0.5, 0.6) is 0 Å². The van der Waals surface area contributed by atoms with E-state index in [2.05, 4.69) is 10.9 Å². The van der Waals surface area contributed by atoms with Gasteiger partial charge in [-0.1, -0.05) is 60.2 Å². The minimum atomic E-state index is -0.467. The number of nitrogens with zero attached hydrogens (tertiary/aromatic N) is 1. The molecular formula is C22H16ClN3O2. The molecule has 6 heteroatoms. The van der Waals surface area contributed by atoms with Crippen LogP contribution < -0.4 is 15.8 Å². The summed E-state index contributed by atoms with van der Waals surface area (Å²) in [6.45, 7) is 0. The lowest BCUT2D eigenvalue weighted by Crippen LogP contribution is -2.47. The van der Waals surface area contributed by atoms with Crippen molar-refractivity contribution in [1.82, 2.24) is 10.9 Å². The van der Waals surface area contributed by atoms with Gasteiger partial charge in [0.25, 0.3) is 5.91 Å². The molecular weight excluding hydrogens is 374 g/mol. The molecule has 0 saturated carbocycles. The molecule has 0 fully saturated rings. The molecule has 138 valence electrons. The second kappa shape index (κ2) is 7.58. The first-order chi connectivity index (χ1) is 13.6. The van der Waals surface area contributed by atoms with E-state index >= 15 is 0 Å². The predicted molar refractivity (Wildman–Crippen MR) is 111 cm³/mol. The van der Waals surface area contributed by atoms with Gasteiger partial charge in [-0.25, -0.2) is 10.2 Å². The molecule has 0 spiro atoms. The van der Waals surface area contributed by atoms with E-state index in [0.29, 0.717) is 10.6 Å². The van der Waals surface area contributed by atoms with Gasteiger partial charge in [-0.3, -0.25) is 15.1 Å². The number of benzene rings is 3. The Morgan fingerprint density at radius 3 is 1.82 bits per heavy atom. The van der Waals surface area contributed by atoms with Crippen molar-refractivity contribution < 1.29 is 9.59 Å². The summed E-state index contributed by atoms with van der Waals surface area (Å²) in [6.07, 6.45) is 3.93. The monoisotopic (exact) mass is 389 g/mol. The van der Waals surface area contributed by atoms with Gasteiger partial charge in [0.05, 0.1) is 11.4 Å². The van der Waals surface area contributed by atoms with Crippen LogP contribution in [0, 0.1) is 0 Å². The smallest absolute Gasteiger partial charge is 0.267 e. The van der Waals surface area contributed by atoms with E-state index in [9.17, 15) is 9.59 Å². The lowest BCUT2D eigenvalue weighted by molar-refractivity contribution is 0.0937. The molecule has 1 aliphatic heterocycles. The zero-order valence-electron chi connectivity index (χ0n) is 14.7. The van der Waals surface area contributed by atoms with Crippen LogP contribution in [-0.2, 0) is 0 Å². The van der Waals surface area contributed by atoms with Gasteiger partial charge in [0.15, 0.2) is 0 Å². The van der Waals surface area contributed by atoms with Crippen molar-refractivity contribution in [2.45, 2.75) is 0 Å². The quantitative estimate of drug-likeness (QED) is 0.574. The Balaban J connectivity index is 1.61. The maximum atomic E-state index is 13.0. The minimum absolute atomic E-state index is 0.392. The number of carbonyl (C=O) groups is 2. The average molecular weight is 390 g/mol. The van der Waals surface area contributed by atoms with Crippen LogP contribution in [0.1, 0.15) is 21.5 Å². The maximum absolute atomic E-state index is 13.0. The molecule has 2 N–H and O–H groups in total. The number of nitrogens with one attached hydrogen (secondary N) is 2. The highest BCUT2D eigenvalue weighted by atomic mass is 35.5. The number of carbonyl (C=O) groups excluding carboxylic acids is 2. The number of amides is 3. The Bertz CT molecular complexity index is 1030. The van der Waals surface area contributed by atoms with Crippen LogP contribution in [0.15, 0.2) is 72.8 Å². The first kappa shape index (κ1) is 17.8. The minimum Gasteiger partial charge on any atom is -0.267 e. The topological polar surface area (TPSA) is 61.4 Å². The summed E-state index contributed by atoms with van der Waals surface area (Å²) >= 11 is 5.84. The molecule has 3 aromatic carbocycles. The van der Waals surface area contributed by atoms with Crippen LogP contribution >= 0.6 is 11.6 Å². The molecule has 4 rings (SSSR count). The summed E-state index contributed by atoms with van der Waals surface area (Å²) in [4.78, 5) is 26.9. The molecule has 0 aromatic heterocycles. The second-order valence-corrected chi connectivity index (χ2v) is 6.61. The fourth-order valence-electron chi connectivity index (χ4n) is 3.03. The SMILES string of the molecule is O=C(NNC(=O)N1c2ccccc2C=Cc2ccccc21)c1ccc(Cl)cc1. The average Bonchev–Trinajstić information content (AvgIpc) is 2.89. The van der Waals surface area contributed by atoms with Gasteiger partial charge >= 0.3 is 6.03 Å². The predicted octanol–water partition coefficient (Wildman–Crippen LogP) is 5.02. The standard InChI is InChI=1S/C22H16ClN3O2/c23-18-13-11-17(12-14-18)21(27)24-25-22(28)26-19-7-3-1-5-15(19)9-10-16-6-2-4-8-20(16)26/h1-14H,(H,24,27)(H,25,28). The van der Waals surface area contributed by atoms with E-state index in [-0.39, 0.29) is 0 Å². The van der Waals surface area contributed by atoms with Crippen LogP contribution in [0.2, 0.25) is 5.02 Å². The molecule has 1 aliphatic rings. The van der Waals surface area contributed by atoms with Crippen molar-refractivity contribution in [3.8, 4) is 0 Å². The van der Waals surface area contributed by atoms with Crippen molar-refractivity contribution in [3.05, 3.63) is 94.5 Å². The number of rotatable bonds is 1. The molecule has 0 unspecified atom stereocenters. The molecule has 0 saturated heterocycles. The summed E-state index contributed by atoms with van der Waals surface area (Å²) in [5, 5.41) is 0.533. The molecule has 3 amide bonds. The van der Waals surface area contributed by atoms with Gasteiger partial charge in [-0.2, -0.15) is 0 Å². The normalized spacial score (nSPS) is 11.8. The Morgan fingerprint density at radius 2 is 1.25 bits per heavy atom. The van der Waals surface area contributed by atoms with Crippen LogP contribution in [0.3, 0.4) is 0 Å². The third-order valence-corrected chi connectivity index (χ3v) is 4.64. The number of hydrogen-bond acceptors (Lipinski definition) is 2. The number of urea groups is 1. The van der Waals surface area contributed by atoms with E-state index < -0.39 is 11.9 Å². The first-order valence-corrected chi connectivity index (χ1v) is 9.03. The third-order valence-electron chi connectivity index (χ3n) is 4.39. The summed E-state index contributed by atoms with van der Waals surface area (Å²) in [5.74, 6) is -0.431. The fourth-order valence-corrected chi connectivity index (χ4v) is 3.16. The second-order valence-electron chi connectivity index (χ2n) is 6.18. The van der Waals surface area contributed by atoms with Crippen molar-refractivity contribution >= 4 is 47.1 Å². The summed E-state index contributed by atoms with van der Waals surface area (Å²) in [5.41, 5.74) is 8.60. The van der Waals surface area contributed by atoms with E-state index in [1.807, 2.05) is 60.7 Å². The first-order valence-electron chi connectivity index (χ1n) is 8.65. The van der Waals surface area contributed by atoms with E-state index in [0.717, 1.165) is 22.5 Å². The van der Waals surface area contributed by atoms with Gasteiger partial charge in [-0.15, -0.1) is 0 Å². The number of para-hydroxylation sites is 2. The van der Waals surface area contributed by atoms with Gasteiger partial charge in [0.1, 0.15) is 0 Å². The van der Waals surface area contributed by atoms with E-state index in [4.69, 9.17) is 11.6 Å². The maximum Gasteiger partial charge on any atom is 0.345 e.